The molecule has 1 aliphatic heterocycles. The first-order chi connectivity index (χ1) is 16.0. The van der Waals surface area contributed by atoms with Gasteiger partial charge in [0.05, 0.1) is 29.0 Å². The van der Waals surface area contributed by atoms with Crippen LogP contribution in [0.1, 0.15) is 38.1 Å². The summed E-state index contributed by atoms with van der Waals surface area (Å²) in [7, 11) is 0.674. The van der Waals surface area contributed by atoms with Crippen molar-refractivity contribution in [3.05, 3.63) is 63.9 Å². The number of benzene rings is 2. The quantitative estimate of drug-likeness (QED) is 0.318. The Morgan fingerprint density at radius 3 is 2.12 bits per heavy atom. The van der Waals surface area contributed by atoms with Crippen LogP contribution in [0.5, 0.6) is 5.88 Å². The number of aldehydes is 1. The molecule has 4 rings (SSSR count). The second-order valence-corrected chi connectivity index (χ2v) is 9.75. The first-order valence-corrected chi connectivity index (χ1v) is 11.4. The predicted molar refractivity (Wildman–Crippen MR) is 133 cm³/mol. The largest absolute Gasteiger partial charge is 0.496 e. The molecule has 2 heterocycles. The molecule has 3 aromatic rings. The molecule has 0 radical (unpaired) electrons. The monoisotopic (exact) mass is 501 g/mol. The van der Waals surface area contributed by atoms with E-state index in [2.05, 4.69) is 4.98 Å². The Hall–Kier alpha value is -2.45. The zero-order chi connectivity index (χ0) is 24.8. The molecule has 0 N–H and O–H groups in total. The highest BCUT2D eigenvalue weighted by molar-refractivity contribution is 6.66. The zero-order valence-corrected chi connectivity index (χ0v) is 20.9. The lowest BCUT2D eigenvalue weighted by atomic mass is 9.77. The number of halogens is 3. The van der Waals surface area contributed by atoms with Gasteiger partial charge in [-0.1, -0.05) is 59.6 Å². The van der Waals surface area contributed by atoms with Crippen molar-refractivity contribution in [1.82, 2.24) is 4.98 Å². The van der Waals surface area contributed by atoms with E-state index >= 15 is 0 Å². The van der Waals surface area contributed by atoms with Gasteiger partial charge in [-0.2, -0.15) is 0 Å². The number of aromatic nitrogens is 1. The highest BCUT2D eigenvalue weighted by atomic mass is 35.5. The molecule has 1 aromatic heterocycles. The molecule has 1 aliphatic rings. The fraction of sp³-hybridized carbons (Fsp3) is 0.280. The van der Waals surface area contributed by atoms with Gasteiger partial charge in [0.25, 0.3) is 0 Å². The molecular formula is C25H23BCl2FNO4. The summed E-state index contributed by atoms with van der Waals surface area (Å²) in [6.45, 7) is 7.89. The first-order valence-electron chi connectivity index (χ1n) is 10.6. The Labute approximate surface area is 208 Å². The van der Waals surface area contributed by atoms with Gasteiger partial charge < -0.3 is 14.0 Å². The molecule has 0 amide bonds. The number of carbonyl (C=O) groups is 1. The molecule has 34 heavy (non-hydrogen) atoms. The lowest BCUT2D eigenvalue weighted by Gasteiger charge is -2.32. The summed E-state index contributed by atoms with van der Waals surface area (Å²) in [6, 6.07) is 12.0. The molecule has 0 saturated carbocycles. The van der Waals surface area contributed by atoms with Crippen molar-refractivity contribution < 1.29 is 23.2 Å². The smallest absolute Gasteiger partial charge is 0.480 e. The van der Waals surface area contributed by atoms with Gasteiger partial charge in [0.2, 0.25) is 5.88 Å². The van der Waals surface area contributed by atoms with Crippen molar-refractivity contribution in [3.8, 4) is 28.3 Å². The zero-order valence-electron chi connectivity index (χ0n) is 19.4. The first kappa shape index (κ1) is 24.7. The van der Waals surface area contributed by atoms with Gasteiger partial charge in [0.1, 0.15) is 11.4 Å². The van der Waals surface area contributed by atoms with Crippen LogP contribution in [0.2, 0.25) is 10.0 Å². The molecular weight excluding hydrogens is 479 g/mol. The van der Waals surface area contributed by atoms with Gasteiger partial charge in [0, 0.05) is 33.2 Å². The highest BCUT2D eigenvalue weighted by Gasteiger charge is 2.52. The van der Waals surface area contributed by atoms with E-state index in [1.165, 1.54) is 7.11 Å². The minimum Gasteiger partial charge on any atom is -0.480 e. The summed E-state index contributed by atoms with van der Waals surface area (Å²) < 4.78 is 31.9. The number of carbonyl (C=O) groups excluding carboxylic acids is 1. The molecule has 0 spiro atoms. The summed E-state index contributed by atoms with van der Waals surface area (Å²) >= 11 is 13.6. The van der Waals surface area contributed by atoms with E-state index in [9.17, 15) is 9.18 Å². The number of hydrogen-bond acceptors (Lipinski definition) is 5. The van der Waals surface area contributed by atoms with Crippen LogP contribution in [0.3, 0.4) is 0 Å². The van der Waals surface area contributed by atoms with E-state index < -0.39 is 24.1 Å². The number of pyridine rings is 1. The third-order valence-corrected chi connectivity index (χ3v) is 7.21. The third kappa shape index (κ3) is 4.11. The summed E-state index contributed by atoms with van der Waals surface area (Å²) in [5.74, 6) is -0.869. The fourth-order valence-corrected chi connectivity index (χ4v) is 4.39. The van der Waals surface area contributed by atoms with Gasteiger partial charge in [0.15, 0.2) is 6.29 Å². The van der Waals surface area contributed by atoms with Gasteiger partial charge in [-0.15, -0.1) is 0 Å². The highest BCUT2D eigenvalue weighted by Crippen LogP contribution is 2.41. The van der Waals surface area contributed by atoms with Crippen LogP contribution in [0, 0.1) is 5.82 Å². The Kier molecular flexibility index (Phi) is 6.51. The molecule has 0 bridgehead atoms. The predicted octanol–water partition coefficient (Wildman–Crippen LogP) is 5.98. The number of rotatable bonds is 5. The Morgan fingerprint density at radius 2 is 1.53 bits per heavy atom. The van der Waals surface area contributed by atoms with Crippen molar-refractivity contribution in [3.63, 3.8) is 0 Å². The molecule has 0 atom stereocenters. The molecule has 1 fully saturated rings. The molecule has 1 saturated heterocycles. The number of ether oxygens (including phenoxy) is 1. The van der Waals surface area contributed by atoms with Crippen LogP contribution < -0.4 is 10.2 Å². The minimum atomic E-state index is -0.751. The maximum absolute atomic E-state index is 14.5. The van der Waals surface area contributed by atoms with Crippen LogP contribution in [-0.2, 0) is 9.31 Å². The van der Waals surface area contributed by atoms with Crippen LogP contribution in [0.25, 0.3) is 22.4 Å². The summed E-state index contributed by atoms with van der Waals surface area (Å²) in [4.78, 5) is 15.5. The Bertz CT molecular complexity index is 1270. The van der Waals surface area contributed by atoms with E-state index in [0.717, 1.165) is 6.07 Å². The van der Waals surface area contributed by atoms with E-state index in [1.54, 1.807) is 12.1 Å². The second kappa shape index (κ2) is 8.97. The number of methoxy groups -OCH3 is 1. The van der Waals surface area contributed by atoms with Gasteiger partial charge in [-0.25, -0.2) is 9.37 Å². The minimum absolute atomic E-state index is 0.118. The van der Waals surface area contributed by atoms with E-state index in [-0.39, 0.29) is 17.1 Å². The van der Waals surface area contributed by atoms with Crippen LogP contribution in [0.4, 0.5) is 4.39 Å². The summed E-state index contributed by atoms with van der Waals surface area (Å²) in [6.07, 6.45) is 0.365. The Balaban J connectivity index is 1.80. The van der Waals surface area contributed by atoms with Crippen molar-refractivity contribution in [1.29, 1.82) is 0 Å². The van der Waals surface area contributed by atoms with Crippen molar-refractivity contribution in [2.24, 2.45) is 0 Å². The van der Waals surface area contributed by atoms with E-state index in [4.69, 9.17) is 37.2 Å². The average Bonchev–Trinajstić information content (AvgIpc) is 3.00. The van der Waals surface area contributed by atoms with E-state index in [0.29, 0.717) is 38.5 Å². The number of hydrogen-bond donors (Lipinski definition) is 0. The molecule has 9 heteroatoms. The lowest BCUT2D eigenvalue weighted by molar-refractivity contribution is 0.00578. The van der Waals surface area contributed by atoms with Crippen molar-refractivity contribution in [2.75, 3.05) is 7.11 Å². The van der Waals surface area contributed by atoms with Crippen LogP contribution in [0.15, 0.2) is 42.5 Å². The van der Waals surface area contributed by atoms with Crippen molar-refractivity contribution >= 4 is 42.1 Å². The third-order valence-electron chi connectivity index (χ3n) is 6.38. The standard InChI is InChI=1S/C25H23BCl2FNO4/c1-24(2)25(3,4)34-26(33-24)18-11-7-9-15(22(18)28)14-8-6-10-16(21(14)27)20-12-19(29)17(13-31)23(30-20)32-5/h6-13H,1-5H3. The Morgan fingerprint density at radius 1 is 0.971 bits per heavy atom. The molecule has 0 unspecified atom stereocenters. The van der Waals surface area contributed by atoms with Gasteiger partial charge >= 0.3 is 7.12 Å². The van der Waals surface area contributed by atoms with Crippen LogP contribution in [-0.4, -0.2) is 36.7 Å². The van der Waals surface area contributed by atoms with E-state index in [1.807, 2.05) is 52.0 Å². The van der Waals surface area contributed by atoms with Gasteiger partial charge in [-0.3, -0.25) is 4.79 Å². The van der Waals surface area contributed by atoms with Crippen LogP contribution >= 0.6 is 23.2 Å². The summed E-state index contributed by atoms with van der Waals surface area (Å²) in [5.41, 5.74) is 1.38. The SMILES string of the molecule is COc1nc(-c2cccc(-c3cccc(B4OC(C)(C)C(C)(C)O4)c3Cl)c2Cl)cc(F)c1C=O. The fourth-order valence-electron chi connectivity index (χ4n) is 3.75. The molecule has 2 aromatic carbocycles. The summed E-state index contributed by atoms with van der Waals surface area (Å²) in [5, 5.41) is 0.761. The molecule has 0 aliphatic carbocycles. The average molecular weight is 502 g/mol. The van der Waals surface area contributed by atoms with Gasteiger partial charge in [-0.05, 0) is 27.7 Å². The lowest BCUT2D eigenvalue weighted by Crippen LogP contribution is -2.41. The maximum Gasteiger partial charge on any atom is 0.496 e. The number of nitrogens with zero attached hydrogens (tertiary/aromatic N) is 1. The topological polar surface area (TPSA) is 57.6 Å². The molecule has 176 valence electrons. The second-order valence-electron chi connectivity index (χ2n) is 8.99. The normalized spacial score (nSPS) is 16.5. The molecule has 5 nitrogen and oxygen atoms in total. The maximum atomic E-state index is 14.5. The van der Waals surface area contributed by atoms with Crippen molar-refractivity contribution in [2.45, 2.75) is 38.9 Å².